The molecule has 3 aromatic carbocycles. The minimum absolute atomic E-state index is 0. The van der Waals surface area contributed by atoms with Crippen LogP contribution in [0.2, 0.25) is 0 Å². The maximum atomic E-state index is 12.8. The van der Waals surface area contributed by atoms with Crippen molar-refractivity contribution in [2.75, 3.05) is 25.1 Å². The Hall–Kier alpha value is -3.39. The molecule has 37 heavy (non-hydrogen) atoms. The molecule has 1 aliphatic heterocycles. The van der Waals surface area contributed by atoms with E-state index in [1.165, 1.54) is 16.9 Å². The summed E-state index contributed by atoms with van der Waals surface area (Å²) in [5, 5.41) is 5.61. The van der Waals surface area contributed by atoms with Crippen LogP contribution in [0.4, 0.5) is 5.00 Å². The number of carbonyl (C=O) groups is 2. The van der Waals surface area contributed by atoms with Gasteiger partial charge in [-0.3, -0.25) is 9.69 Å². The van der Waals surface area contributed by atoms with Gasteiger partial charge in [0.2, 0.25) is 0 Å². The van der Waals surface area contributed by atoms with Crippen molar-refractivity contribution in [1.29, 1.82) is 0 Å². The van der Waals surface area contributed by atoms with Crippen molar-refractivity contribution < 1.29 is 19.1 Å². The predicted octanol–water partition coefficient (Wildman–Crippen LogP) is 6.08. The number of thiophene rings is 1. The smallest absolute Gasteiger partial charge is 0.341 e. The third kappa shape index (κ3) is 6.31. The topological polar surface area (TPSA) is 67.9 Å². The lowest BCUT2D eigenvalue weighted by Crippen LogP contribution is -2.30. The minimum atomic E-state index is -0.391. The minimum Gasteiger partial charge on any atom is -0.484 e. The van der Waals surface area contributed by atoms with Crippen LogP contribution in [0.1, 0.15) is 33.3 Å². The number of halogens is 1. The molecule has 1 aliphatic rings. The fourth-order valence-electron chi connectivity index (χ4n) is 4.51. The second-order valence-corrected chi connectivity index (χ2v) is 9.83. The van der Waals surface area contributed by atoms with E-state index in [0.29, 0.717) is 16.3 Å². The summed E-state index contributed by atoms with van der Waals surface area (Å²) in [7, 11) is 0. The molecule has 1 amide bonds. The first-order chi connectivity index (χ1) is 17.6. The highest BCUT2D eigenvalue weighted by Crippen LogP contribution is 2.38. The van der Waals surface area contributed by atoms with Crippen LogP contribution in [0.5, 0.6) is 5.75 Å². The summed E-state index contributed by atoms with van der Waals surface area (Å²) in [4.78, 5) is 29.1. The van der Waals surface area contributed by atoms with E-state index in [-0.39, 0.29) is 31.5 Å². The van der Waals surface area contributed by atoms with E-state index in [1.807, 2.05) is 60.7 Å². The van der Waals surface area contributed by atoms with Crippen molar-refractivity contribution in [2.24, 2.45) is 0 Å². The van der Waals surface area contributed by atoms with Crippen LogP contribution >= 0.6 is 23.7 Å². The molecule has 2 heterocycles. The number of hydrogen-bond acceptors (Lipinski definition) is 6. The first-order valence-electron chi connectivity index (χ1n) is 12.1. The highest BCUT2D eigenvalue weighted by atomic mass is 35.5. The summed E-state index contributed by atoms with van der Waals surface area (Å²) in [6, 6.07) is 24.1. The zero-order valence-electron chi connectivity index (χ0n) is 20.6. The van der Waals surface area contributed by atoms with E-state index >= 15 is 0 Å². The van der Waals surface area contributed by atoms with Gasteiger partial charge < -0.3 is 14.8 Å². The number of amides is 1. The molecule has 0 saturated heterocycles. The molecule has 0 bridgehead atoms. The molecular formula is C29H29ClN2O4S. The van der Waals surface area contributed by atoms with Crippen molar-refractivity contribution in [3.63, 3.8) is 0 Å². The van der Waals surface area contributed by atoms with Crippen molar-refractivity contribution in [3.8, 4) is 5.75 Å². The maximum absolute atomic E-state index is 12.8. The predicted molar refractivity (Wildman–Crippen MR) is 150 cm³/mol. The molecule has 4 aromatic rings. The van der Waals surface area contributed by atoms with Crippen molar-refractivity contribution in [3.05, 3.63) is 94.4 Å². The highest BCUT2D eigenvalue weighted by Gasteiger charge is 2.29. The van der Waals surface area contributed by atoms with E-state index < -0.39 is 5.97 Å². The lowest BCUT2D eigenvalue weighted by Gasteiger charge is -2.27. The molecule has 0 spiro atoms. The Balaban J connectivity index is 0.00000320. The van der Waals surface area contributed by atoms with Gasteiger partial charge in [0.1, 0.15) is 10.8 Å². The van der Waals surface area contributed by atoms with E-state index in [2.05, 4.69) is 22.3 Å². The molecule has 0 radical (unpaired) electrons. The van der Waals surface area contributed by atoms with E-state index in [1.54, 1.807) is 6.92 Å². The Morgan fingerprint density at radius 3 is 2.54 bits per heavy atom. The average Bonchev–Trinajstić information content (AvgIpc) is 3.25. The lowest BCUT2D eigenvalue weighted by atomic mass is 10.0. The number of anilines is 1. The van der Waals surface area contributed by atoms with E-state index in [9.17, 15) is 9.59 Å². The van der Waals surface area contributed by atoms with Gasteiger partial charge in [-0.15, -0.1) is 23.7 Å². The van der Waals surface area contributed by atoms with Crippen LogP contribution < -0.4 is 10.1 Å². The van der Waals surface area contributed by atoms with Gasteiger partial charge in [0, 0.05) is 24.5 Å². The number of benzene rings is 3. The SMILES string of the molecule is CCOC(=O)c1c(NC(=O)COc2ccc3ccccc3c2)sc2c1CCN(Cc1ccccc1)C2.Cl. The summed E-state index contributed by atoms with van der Waals surface area (Å²) in [5.74, 6) is -0.0813. The zero-order valence-corrected chi connectivity index (χ0v) is 22.2. The van der Waals surface area contributed by atoms with Gasteiger partial charge in [-0.25, -0.2) is 4.79 Å². The van der Waals surface area contributed by atoms with Gasteiger partial charge in [0.05, 0.1) is 12.2 Å². The Kier molecular flexibility index (Phi) is 8.82. The van der Waals surface area contributed by atoms with Gasteiger partial charge in [-0.2, -0.15) is 0 Å². The molecule has 0 aliphatic carbocycles. The van der Waals surface area contributed by atoms with Crippen molar-refractivity contribution in [1.82, 2.24) is 4.90 Å². The number of esters is 1. The first-order valence-corrected chi connectivity index (χ1v) is 12.9. The molecule has 1 N–H and O–H groups in total. The number of hydrogen-bond donors (Lipinski definition) is 1. The normalized spacial score (nSPS) is 12.9. The molecule has 1 aromatic heterocycles. The van der Waals surface area contributed by atoms with Crippen LogP contribution in [-0.4, -0.2) is 36.5 Å². The van der Waals surface area contributed by atoms with Crippen LogP contribution in [0.3, 0.4) is 0 Å². The Bertz CT molecular complexity index is 1390. The standard InChI is InChI=1S/C29H28N2O4S.ClH/c1-2-34-29(33)27-24-14-15-31(17-20-8-4-3-5-9-20)18-25(24)36-28(27)30-26(32)19-35-23-13-12-21-10-6-7-11-22(21)16-23;/h3-13,16H,2,14-15,17-19H2,1H3,(H,30,32);1H. The van der Waals surface area contributed by atoms with Gasteiger partial charge in [-0.05, 0) is 47.4 Å². The summed E-state index contributed by atoms with van der Waals surface area (Å²) in [6.07, 6.45) is 0.732. The molecule has 0 unspecified atom stereocenters. The number of fused-ring (bicyclic) bond motifs is 2. The summed E-state index contributed by atoms with van der Waals surface area (Å²) in [6.45, 7) is 4.32. The number of carbonyl (C=O) groups excluding carboxylic acids is 2. The second-order valence-electron chi connectivity index (χ2n) is 8.72. The van der Waals surface area contributed by atoms with Gasteiger partial charge >= 0.3 is 5.97 Å². The molecular weight excluding hydrogens is 508 g/mol. The second kappa shape index (κ2) is 12.2. The molecule has 0 fully saturated rings. The fraction of sp³-hybridized carbons (Fsp3) is 0.241. The van der Waals surface area contributed by atoms with Crippen LogP contribution in [0.25, 0.3) is 10.8 Å². The maximum Gasteiger partial charge on any atom is 0.341 e. The molecule has 8 heteroatoms. The molecule has 192 valence electrons. The molecule has 0 saturated carbocycles. The Labute approximate surface area is 226 Å². The molecule has 5 rings (SSSR count). The van der Waals surface area contributed by atoms with Crippen molar-refractivity contribution in [2.45, 2.75) is 26.4 Å². The monoisotopic (exact) mass is 536 g/mol. The lowest BCUT2D eigenvalue weighted by molar-refractivity contribution is -0.118. The fourth-order valence-corrected chi connectivity index (χ4v) is 5.80. The van der Waals surface area contributed by atoms with Crippen LogP contribution in [0, 0.1) is 0 Å². The first kappa shape index (κ1) is 26.7. The molecule has 6 nitrogen and oxygen atoms in total. The number of nitrogens with zero attached hydrogens (tertiary/aromatic N) is 1. The Morgan fingerprint density at radius 2 is 1.76 bits per heavy atom. The number of nitrogens with one attached hydrogen (secondary N) is 1. The quantitative estimate of drug-likeness (QED) is 0.277. The van der Waals surface area contributed by atoms with Gasteiger partial charge in [0.25, 0.3) is 5.91 Å². The highest BCUT2D eigenvalue weighted by molar-refractivity contribution is 7.17. The van der Waals surface area contributed by atoms with Gasteiger partial charge in [0.15, 0.2) is 6.61 Å². The zero-order chi connectivity index (χ0) is 24.9. The summed E-state index contributed by atoms with van der Waals surface area (Å²) < 4.78 is 11.1. The van der Waals surface area contributed by atoms with Crippen molar-refractivity contribution >= 4 is 51.4 Å². The van der Waals surface area contributed by atoms with E-state index in [4.69, 9.17) is 9.47 Å². The number of rotatable bonds is 8. The molecule has 0 atom stereocenters. The van der Waals surface area contributed by atoms with Crippen LogP contribution in [-0.2, 0) is 29.0 Å². The van der Waals surface area contributed by atoms with Crippen LogP contribution in [0.15, 0.2) is 72.8 Å². The Morgan fingerprint density at radius 1 is 1.00 bits per heavy atom. The number of ether oxygens (including phenoxy) is 2. The third-order valence-electron chi connectivity index (χ3n) is 6.21. The third-order valence-corrected chi connectivity index (χ3v) is 7.34. The van der Waals surface area contributed by atoms with Gasteiger partial charge in [-0.1, -0.05) is 60.7 Å². The summed E-state index contributed by atoms with van der Waals surface area (Å²) in [5.41, 5.74) is 2.71. The largest absolute Gasteiger partial charge is 0.484 e. The van der Waals surface area contributed by atoms with E-state index in [0.717, 1.165) is 47.3 Å². The average molecular weight is 537 g/mol. The summed E-state index contributed by atoms with van der Waals surface area (Å²) >= 11 is 1.45.